The van der Waals surface area contributed by atoms with Gasteiger partial charge in [0.15, 0.2) is 5.76 Å². The van der Waals surface area contributed by atoms with E-state index in [1.807, 2.05) is 0 Å². The standard InChI is InChI=1S/C11H11F2N3O/c12-11(13)9-5-7(14)1-2-10(9)15-6-8-3-4-16-17-8/h1-5,11,15H,6,14H2. The van der Waals surface area contributed by atoms with E-state index in [-0.39, 0.29) is 5.56 Å². The van der Waals surface area contributed by atoms with Gasteiger partial charge in [0.05, 0.1) is 12.7 Å². The number of nitrogen functional groups attached to an aromatic ring is 1. The van der Waals surface area contributed by atoms with Gasteiger partial charge in [0.1, 0.15) is 0 Å². The minimum atomic E-state index is -2.57. The van der Waals surface area contributed by atoms with Crippen LogP contribution in [0, 0.1) is 0 Å². The van der Waals surface area contributed by atoms with Gasteiger partial charge in [-0.3, -0.25) is 0 Å². The first kappa shape index (κ1) is 11.4. The third kappa shape index (κ3) is 2.72. The lowest BCUT2D eigenvalue weighted by atomic mass is 10.1. The fourth-order valence-electron chi connectivity index (χ4n) is 1.44. The fourth-order valence-corrected chi connectivity index (χ4v) is 1.44. The summed E-state index contributed by atoms with van der Waals surface area (Å²) in [6.07, 6.45) is -1.08. The average molecular weight is 239 g/mol. The van der Waals surface area contributed by atoms with E-state index in [0.29, 0.717) is 23.7 Å². The third-order valence-corrected chi connectivity index (χ3v) is 2.26. The average Bonchev–Trinajstić information content (AvgIpc) is 2.80. The summed E-state index contributed by atoms with van der Waals surface area (Å²) in [7, 11) is 0. The molecule has 3 N–H and O–H groups in total. The van der Waals surface area contributed by atoms with Crippen LogP contribution < -0.4 is 11.1 Å². The van der Waals surface area contributed by atoms with Crippen LogP contribution in [-0.2, 0) is 6.54 Å². The molecule has 0 aliphatic carbocycles. The second kappa shape index (κ2) is 4.82. The molecule has 1 heterocycles. The smallest absolute Gasteiger partial charge is 0.265 e. The Bertz CT molecular complexity index is 485. The molecule has 0 radical (unpaired) electrons. The van der Waals surface area contributed by atoms with E-state index in [2.05, 4.69) is 10.5 Å². The van der Waals surface area contributed by atoms with Gasteiger partial charge in [0.25, 0.3) is 6.43 Å². The van der Waals surface area contributed by atoms with Crippen molar-refractivity contribution < 1.29 is 13.3 Å². The van der Waals surface area contributed by atoms with Crippen LogP contribution in [0.1, 0.15) is 17.7 Å². The van der Waals surface area contributed by atoms with Crippen molar-refractivity contribution in [1.82, 2.24) is 5.16 Å². The van der Waals surface area contributed by atoms with Gasteiger partial charge in [-0.1, -0.05) is 5.16 Å². The van der Waals surface area contributed by atoms with Gasteiger partial charge in [0, 0.05) is 23.0 Å². The van der Waals surface area contributed by atoms with Crippen molar-refractivity contribution in [2.75, 3.05) is 11.1 Å². The number of nitrogens with zero attached hydrogens (tertiary/aromatic N) is 1. The highest BCUT2D eigenvalue weighted by Crippen LogP contribution is 2.29. The molecule has 1 aromatic carbocycles. The quantitative estimate of drug-likeness (QED) is 0.805. The number of nitrogens with two attached hydrogens (primary N) is 1. The highest BCUT2D eigenvalue weighted by molar-refractivity contribution is 5.58. The molecule has 1 aromatic heterocycles. The molecule has 0 atom stereocenters. The summed E-state index contributed by atoms with van der Waals surface area (Å²) >= 11 is 0. The number of halogens is 2. The van der Waals surface area contributed by atoms with Crippen molar-refractivity contribution in [3.8, 4) is 0 Å². The second-order valence-electron chi connectivity index (χ2n) is 3.48. The molecule has 6 heteroatoms. The Kier molecular flexibility index (Phi) is 3.22. The van der Waals surface area contributed by atoms with Crippen LogP contribution >= 0.6 is 0 Å². The Morgan fingerprint density at radius 3 is 2.82 bits per heavy atom. The third-order valence-electron chi connectivity index (χ3n) is 2.26. The summed E-state index contributed by atoms with van der Waals surface area (Å²) < 4.78 is 30.3. The summed E-state index contributed by atoms with van der Waals surface area (Å²) in [4.78, 5) is 0. The number of hydrogen-bond donors (Lipinski definition) is 2. The van der Waals surface area contributed by atoms with E-state index in [4.69, 9.17) is 10.3 Å². The Morgan fingerprint density at radius 2 is 2.18 bits per heavy atom. The van der Waals surface area contributed by atoms with E-state index >= 15 is 0 Å². The first-order chi connectivity index (χ1) is 8.16. The predicted molar refractivity (Wildman–Crippen MR) is 59.6 cm³/mol. The fraction of sp³-hybridized carbons (Fsp3) is 0.182. The molecule has 0 saturated carbocycles. The van der Waals surface area contributed by atoms with Gasteiger partial charge < -0.3 is 15.6 Å². The van der Waals surface area contributed by atoms with E-state index in [1.54, 1.807) is 12.1 Å². The van der Waals surface area contributed by atoms with Gasteiger partial charge in [0.2, 0.25) is 0 Å². The maximum absolute atomic E-state index is 12.7. The molecule has 2 aromatic rings. The van der Waals surface area contributed by atoms with E-state index < -0.39 is 6.43 Å². The van der Waals surface area contributed by atoms with Crippen LogP contribution in [0.3, 0.4) is 0 Å². The largest absolute Gasteiger partial charge is 0.399 e. The number of nitrogens with one attached hydrogen (secondary N) is 1. The van der Waals surface area contributed by atoms with Gasteiger partial charge in [-0.2, -0.15) is 0 Å². The predicted octanol–water partition coefficient (Wildman–Crippen LogP) is 2.81. The van der Waals surface area contributed by atoms with Crippen LogP contribution in [0.5, 0.6) is 0 Å². The monoisotopic (exact) mass is 239 g/mol. The first-order valence-corrected chi connectivity index (χ1v) is 4.98. The summed E-state index contributed by atoms with van der Waals surface area (Å²) in [5.74, 6) is 0.571. The number of rotatable bonds is 4. The highest BCUT2D eigenvalue weighted by Gasteiger charge is 2.13. The van der Waals surface area contributed by atoms with Crippen molar-refractivity contribution in [3.05, 3.63) is 41.8 Å². The molecule has 0 fully saturated rings. The Labute approximate surface area is 96.4 Å². The van der Waals surface area contributed by atoms with E-state index in [0.717, 1.165) is 0 Å². The van der Waals surface area contributed by atoms with Gasteiger partial charge in [-0.05, 0) is 18.2 Å². The molecule has 0 amide bonds. The van der Waals surface area contributed by atoms with Crippen molar-refractivity contribution >= 4 is 11.4 Å². The molecule has 0 unspecified atom stereocenters. The van der Waals surface area contributed by atoms with Crippen molar-refractivity contribution in [2.24, 2.45) is 0 Å². The number of anilines is 2. The summed E-state index contributed by atoms with van der Waals surface area (Å²) in [6.45, 7) is 0.295. The second-order valence-corrected chi connectivity index (χ2v) is 3.48. The van der Waals surface area contributed by atoms with Crippen LogP contribution in [0.4, 0.5) is 20.2 Å². The molecule has 0 aliphatic rings. The lowest BCUT2D eigenvalue weighted by Crippen LogP contribution is -2.03. The van der Waals surface area contributed by atoms with Gasteiger partial charge in [-0.25, -0.2) is 8.78 Å². The van der Waals surface area contributed by atoms with E-state index in [9.17, 15) is 8.78 Å². The molecule has 90 valence electrons. The molecular formula is C11H11F2N3O. The summed E-state index contributed by atoms with van der Waals surface area (Å²) in [6, 6.07) is 6.00. The topological polar surface area (TPSA) is 64.1 Å². The molecule has 4 nitrogen and oxygen atoms in total. The van der Waals surface area contributed by atoms with Crippen molar-refractivity contribution in [2.45, 2.75) is 13.0 Å². The molecule has 0 saturated heterocycles. The lowest BCUT2D eigenvalue weighted by Gasteiger charge is -2.11. The minimum Gasteiger partial charge on any atom is -0.399 e. The number of benzene rings is 1. The van der Waals surface area contributed by atoms with Gasteiger partial charge >= 0.3 is 0 Å². The number of aromatic nitrogens is 1. The lowest BCUT2D eigenvalue weighted by molar-refractivity contribution is 0.152. The Balaban J connectivity index is 2.14. The SMILES string of the molecule is Nc1ccc(NCc2ccno2)c(C(F)F)c1. The Morgan fingerprint density at radius 1 is 1.35 bits per heavy atom. The number of hydrogen-bond acceptors (Lipinski definition) is 4. The zero-order valence-corrected chi connectivity index (χ0v) is 8.86. The van der Waals surface area contributed by atoms with Crippen LogP contribution in [0.15, 0.2) is 35.0 Å². The van der Waals surface area contributed by atoms with Crippen LogP contribution in [0.25, 0.3) is 0 Å². The normalized spacial score (nSPS) is 10.8. The summed E-state index contributed by atoms with van der Waals surface area (Å²) in [5.41, 5.74) is 5.99. The molecule has 2 rings (SSSR count). The van der Waals surface area contributed by atoms with E-state index in [1.165, 1.54) is 18.3 Å². The molecule has 0 aliphatic heterocycles. The maximum atomic E-state index is 12.7. The summed E-state index contributed by atoms with van der Waals surface area (Å²) in [5, 5.41) is 6.38. The molecule has 0 bridgehead atoms. The Hall–Kier alpha value is -2.11. The molecular weight excluding hydrogens is 228 g/mol. The van der Waals surface area contributed by atoms with Crippen molar-refractivity contribution in [1.29, 1.82) is 0 Å². The zero-order chi connectivity index (χ0) is 12.3. The molecule has 0 spiro atoms. The van der Waals surface area contributed by atoms with Gasteiger partial charge in [-0.15, -0.1) is 0 Å². The zero-order valence-electron chi connectivity index (χ0n) is 8.86. The number of alkyl halides is 2. The van der Waals surface area contributed by atoms with Crippen molar-refractivity contribution in [3.63, 3.8) is 0 Å². The maximum Gasteiger partial charge on any atom is 0.265 e. The van der Waals surface area contributed by atoms with Crippen LogP contribution in [-0.4, -0.2) is 5.16 Å². The minimum absolute atomic E-state index is 0.121. The first-order valence-electron chi connectivity index (χ1n) is 4.98. The molecule has 17 heavy (non-hydrogen) atoms. The highest BCUT2D eigenvalue weighted by atomic mass is 19.3. The van der Waals surface area contributed by atoms with Crippen LogP contribution in [0.2, 0.25) is 0 Å².